The smallest absolute Gasteiger partial charge is 0.264 e. The van der Waals surface area contributed by atoms with E-state index in [-0.39, 0.29) is 23.5 Å². The number of pyridine rings is 1. The quantitative estimate of drug-likeness (QED) is 0.380. The first kappa shape index (κ1) is 22.6. The highest BCUT2D eigenvalue weighted by Crippen LogP contribution is 2.29. The fourth-order valence-corrected chi connectivity index (χ4v) is 4.24. The lowest BCUT2D eigenvalue weighted by atomic mass is 9.80. The van der Waals surface area contributed by atoms with Crippen molar-refractivity contribution >= 4 is 28.7 Å². The van der Waals surface area contributed by atoms with Crippen molar-refractivity contribution in [2.75, 3.05) is 6.54 Å². The van der Waals surface area contributed by atoms with Crippen molar-refractivity contribution < 1.29 is 18.8 Å². The predicted octanol–water partition coefficient (Wildman–Crippen LogP) is 3.82. The number of nitrogens with one attached hydrogen (secondary N) is 2. The number of ketones is 1. The molecule has 0 spiro atoms. The number of hydrogen-bond acceptors (Lipinski definition) is 6. The van der Waals surface area contributed by atoms with E-state index in [1.807, 2.05) is 12.1 Å². The molecule has 1 aliphatic carbocycles. The van der Waals surface area contributed by atoms with E-state index in [0.29, 0.717) is 55.3 Å². The van der Waals surface area contributed by atoms with Crippen LogP contribution in [0.3, 0.4) is 0 Å². The molecule has 2 amide bonds. The number of unbranched alkanes of at least 4 members (excludes halogenated alkanes) is 1. The Morgan fingerprint density at radius 3 is 2.48 bits per heavy atom. The van der Waals surface area contributed by atoms with Crippen molar-refractivity contribution in [1.29, 1.82) is 0 Å². The van der Waals surface area contributed by atoms with E-state index in [4.69, 9.17) is 4.42 Å². The minimum Gasteiger partial charge on any atom is -0.434 e. The molecular formula is C25H28N4O4. The van der Waals surface area contributed by atoms with E-state index in [0.717, 1.165) is 19.3 Å². The molecule has 4 rings (SSSR count). The van der Waals surface area contributed by atoms with Crippen LogP contribution in [0.5, 0.6) is 0 Å². The maximum absolute atomic E-state index is 13.1. The topological polar surface area (TPSA) is 114 Å². The first-order chi connectivity index (χ1) is 16.1. The van der Waals surface area contributed by atoms with Gasteiger partial charge in [0.25, 0.3) is 11.8 Å². The molecule has 1 saturated carbocycles. The average Bonchev–Trinajstić information content (AvgIpc) is 3.29. The van der Waals surface area contributed by atoms with Crippen molar-refractivity contribution in [2.24, 2.45) is 0 Å². The average molecular weight is 449 g/mol. The lowest BCUT2D eigenvalue weighted by Crippen LogP contribution is -2.59. The maximum Gasteiger partial charge on any atom is 0.264 e. The first-order valence-corrected chi connectivity index (χ1v) is 11.5. The molecule has 2 aromatic heterocycles. The summed E-state index contributed by atoms with van der Waals surface area (Å²) < 4.78 is 5.52. The van der Waals surface area contributed by atoms with Crippen LogP contribution in [-0.4, -0.2) is 39.6 Å². The molecular weight excluding hydrogens is 420 g/mol. The van der Waals surface area contributed by atoms with Gasteiger partial charge in [-0.1, -0.05) is 31.4 Å². The SMILES string of the molecule is O=C(NC1(C(=O)NCCCCC(=O)c2nc3ccccc3o2)CCCCC1)c1ccncc1. The van der Waals surface area contributed by atoms with E-state index in [1.165, 1.54) is 0 Å². The Morgan fingerprint density at radius 1 is 0.970 bits per heavy atom. The van der Waals surface area contributed by atoms with E-state index >= 15 is 0 Å². The standard InChI is InChI=1S/C25H28N4O4/c30-20(23-28-19-8-2-3-10-21(19)33-23)9-4-7-15-27-24(32)25(13-5-1-6-14-25)29-22(31)18-11-16-26-17-12-18/h2-3,8,10-12,16-17H,1,4-7,9,13-15H2,(H,27,32)(H,29,31). The van der Waals surface area contributed by atoms with Crippen LogP contribution >= 0.6 is 0 Å². The van der Waals surface area contributed by atoms with Crippen molar-refractivity contribution in [3.63, 3.8) is 0 Å². The molecule has 1 aromatic carbocycles. The zero-order valence-electron chi connectivity index (χ0n) is 18.5. The third-order valence-electron chi connectivity index (χ3n) is 6.09. The number of fused-ring (bicyclic) bond motifs is 1. The molecule has 2 N–H and O–H groups in total. The number of benzene rings is 1. The number of amides is 2. The van der Waals surface area contributed by atoms with Gasteiger partial charge in [0, 0.05) is 30.9 Å². The third kappa shape index (κ3) is 5.45. The minimum absolute atomic E-state index is 0.125. The number of hydrogen-bond donors (Lipinski definition) is 2. The highest BCUT2D eigenvalue weighted by Gasteiger charge is 2.40. The Hall–Kier alpha value is -3.55. The summed E-state index contributed by atoms with van der Waals surface area (Å²) in [5.74, 6) is -0.445. The monoisotopic (exact) mass is 448 g/mol. The summed E-state index contributed by atoms with van der Waals surface area (Å²) >= 11 is 0. The molecule has 3 aromatic rings. The Labute approximate surface area is 192 Å². The second-order valence-corrected chi connectivity index (χ2v) is 8.46. The van der Waals surface area contributed by atoms with Crippen LogP contribution in [0.15, 0.2) is 53.2 Å². The number of para-hydroxylation sites is 2. The summed E-state index contributed by atoms with van der Waals surface area (Å²) in [6, 6.07) is 10.5. The largest absolute Gasteiger partial charge is 0.434 e. The third-order valence-corrected chi connectivity index (χ3v) is 6.09. The summed E-state index contributed by atoms with van der Waals surface area (Å²) in [4.78, 5) is 46.3. The Bertz CT molecular complexity index is 1090. The van der Waals surface area contributed by atoms with Crippen LogP contribution in [-0.2, 0) is 4.79 Å². The summed E-state index contributed by atoms with van der Waals surface area (Å²) in [5, 5.41) is 5.96. The van der Waals surface area contributed by atoms with Crippen molar-refractivity contribution in [2.45, 2.75) is 56.9 Å². The number of Topliss-reactive ketones (excluding diaryl/α,β-unsaturated/α-hetero) is 1. The highest BCUT2D eigenvalue weighted by atomic mass is 16.4. The molecule has 0 atom stereocenters. The molecule has 172 valence electrons. The van der Waals surface area contributed by atoms with Gasteiger partial charge in [-0.15, -0.1) is 0 Å². The molecule has 0 aliphatic heterocycles. The van der Waals surface area contributed by atoms with Gasteiger partial charge in [0.05, 0.1) is 0 Å². The van der Waals surface area contributed by atoms with Crippen molar-refractivity contribution in [3.8, 4) is 0 Å². The van der Waals surface area contributed by atoms with Gasteiger partial charge in [0.15, 0.2) is 5.58 Å². The van der Waals surface area contributed by atoms with E-state index in [1.54, 1.807) is 36.7 Å². The lowest BCUT2D eigenvalue weighted by Gasteiger charge is -2.36. The second-order valence-electron chi connectivity index (χ2n) is 8.46. The molecule has 0 unspecified atom stereocenters. The minimum atomic E-state index is -0.896. The molecule has 1 fully saturated rings. The van der Waals surface area contributed by atoms with Crippen molar-refractivity contribution in [1.82, 2.24) is 20.6 Å². The second kappa shape index (κ2) is 10.4. The fourth-order valence-electron chi connectivity index (χ4n) is 4.24. The van der Waals surface area contributed by atoms with Gasteiger partial charge >= 0.3 is 0 Å². The Kier molecular flexibility index (Phi) is 7.12. The molecule has 0 saturated heterocycles. The van der Waals surface area contributed by atoms with E-state index in [2.05, 4.69) is 20.6 Å². The van der Waals surface area contributed by atoms with Gasteiger partial charge in [-0.3, -0.25) is 19.4 Å². The van der Waals surface area contributed by atoms with Crippen LogP contribution in [0.25, 0.3) is 11.1 Å². The van der Waals surface area contributed by atoms with Gasteiger partial charge in [0.1, 0.15) is 11.1 Å². The molecule has 8 nitrogen and oxygen atoms in total. The van der Waals surface area contributed by atoms with Gasteiger partial charge < -0.3 is 15.1 Å². The van der Waals surface area contributed by atoms with Crippen LogP contribution in [0.4, 0.5) is 0 Å². The normalized spacial score (nSPS) is 15.2. The summed E-state index contributed by atoms with van der Waals surface area (Å²) in [5.41, 5.74) is 0.854. The zero-order chi connectivity index (χ0) is 23.1. The molecule has 8 heteroatoms. The van der Waals surface area contributed by atoms with Crippen LogP contribution in [0.2, 0.25) is 0 Å². The van der Waals surface area contributed by atoms with Gasteiger partial charge in [-0.05, 0) is 49.9 Å². The predicted molar refractivity (Wildman–Crippen MR) is 123 cm³/mol. The van der Waals surface area contributed by atoms with Crippen LogP contribution in [0.1, 0.15) is 72.4 Å². The van der Waals surface area contributed by atoms with Crippen LogP contribution < -0.4 is 10.6 Å². The molecule has 33 heavy (non-hydrogen) atoms. The number of oxazole rings is 1. The zero-order valence-corrected chi connectivity index (χ0v) is 18.5. The first-order valence-electron chi connectivity index (χ1n) is 11.5. The molecule has 0 radical (unpaired) electrons. The summed E-state index contributed by atoms with van der Waals surface area (Å²) in [6.07, 6.45) is 8.74. The molecule has 0 bridgehead atoms. The van der Waals surface area contributed by atoms with Crippen molar-refractivity contribution in [3.05, 3.63) is 60.2 Å². The Morgan fingerprint density at radius 2 is 1.73 bits per heavy atom. The van der Waals surface area contributed by atoms with Gasteiger partial charge in [-0.2, -0.15) is 0 Å². The lowest BCUT2D eigenvalue weighted by molar-refractivity contribution is -0.128. The summed E-state index contributed by atoms with van der Waals surface area (Å²) in [7, 11) is 0. The van der Waals surface area contributed by atoms with E-state index in [9.17, 15) is 14.4 Å². The number of aromatic nitrogens is 2. The number of nitrogens with zero attached hydrogens (tertiary/aromatic N) is 2. The summed E-state index contributed by atoms with van der Waals surface area (Å²) in [6.45, 7) is 0.437. The van der Waals surface area contributed by atoms with E-state index < -0.39 is 5.54 Å². The fraction of sp³-hybridized carbons (Fsp3) is 0.400. The molecule has 1 aliphatic rings. The van der Waals surface area contributed by atoms with Crippen LogP contribution in [0, 0.1) is 0 Å². The Balaban J connectivity index is 1.27. The maximum atomic E-state index is 13.1. The highest BCUT2D eigenvalue weighted by molar-refractivity contribution is 5.99. The van der Waals surface area contributed by atoms with Gasteiger partial charge in [0.2, 0.25) is 11.7 Å². The van der Waals surface area contributed by atoms with Gasteiger partial charge in [-0.25, -0.2) is 4.98 Å². The molecule has 2 heterocycles. The number of carbonyl (C=O) groups is 3. The number of carbonyl (C=O) groups excluding carboxylic acids is 3. The number of rotatable bonds is 9.